The van der Waals surface area contributed by atoms with Crippen molar-refractivity contribution in [3.05, 3.63) is 11.8 Å². The summed E-state index contributed by atoms with van der Waals surface area (Å²) in [6.45, 7) is 0.409. The van der Waals surface area contributed by atoms with E-state index in [2.05, 4.69) is 10.3 Å². The van der Waals surface area contributed by atoms with Crippen LogP contribution in [0.5, 0.6) is 0 Å². The van der Waals surface area contributed by atoms with Gasteiger partial charge in [0, 0.05) is 6.20 Å². The Bertz CT molecular complexity index is 224. The lowest BCUT2D eigenvalue weighted by Gasteiger charge is -2.08. The van der Waals surface area contributed by atoms with E-state index in [0.29, 0.717) is 18.1 Å². The maximum atomic E-state index is 8.38. The molecule has 0 aromatic carbocycles. The van der Waals surface area contributed by atoms with Crippen molar-refractivity contribution in [3.63, 3.8) is 0 Å². The van der Waals surface area contributed by atoms with E-state index in [1.54, 1.807) is 6.20 Å². The van der Waals surface area contributed by atoms with Crippen molar-refractivity contribution >= 4 is 6.02 Å². The maximum Gasteiger partial charge on any atom is 0.288 e. The molecular formula is C6H7N3O. The number of hydrogen-bond acceptors (Lipinski definition) is 4. The summed E-state index contributed by atoms with van der Waals surface area (Å²) in [6, 6.07) is 2.44. The first kappa shape index (κ1) is 6.62. The molecule has 4 nitrogen and oxygen atoms in total. The monoisotopic (exact) mass is 137 g/mol. The van der Waals surface area contributed by atoms with Gasteiger partial charge in [0.25, 0.3) is 6.02 Å². The smallest absolute Gasteiger partial charge is 0.288 e. The summed E-state index contributed by atoms with van der Waals surface area (Å²) in [5, 5.41) is 11.1. The Balaban J connectivity index is 2.55. The molecule has 0 bridgehead atoms. The van der Waals surface area contributed by atoms with Crippen LogP contribution in [0.2, 0.25) is 0 Å². The number of hydrogen-bond donors (Lipinski definition) is 1. The van der Waals surface area contributed by atoms with Gasteiger partial charge in [-0.1, -0.05) is 0 Å². The molecule has 1 aliphatic rings. The molecule has 0 radical (unpaired) electrons. The predicted molar refractivity (Wildman–Crippen MR) is 36.1 cm³/mol. The summed E-state index contributed by atoms with van der Waals surface area (Å²) < 4.78 is 4.77. The van der Waals surface area contributed by atoms with Gasteiger partial charge < -0.3 is 10.1 Å². The Morgan fingerprint density at radius 1 is 1.90 bits per heavy atom. The molecule has 1 aliphatic heterocycles. The summed E-state index contributed by atoms with van der Waals surface area (Å²) in [5.41, 5.74) is 0.612. The van der Waals surface area contributed by atoms with Crippen LogP contribution in [-0.2, 0) is 4.74 Å². The summed E-state index contributed by atoms with van der Waals surface area (Å²) in [7, 11) is 1.52. The number of rotatable bonds is 0. The van der Waals surface area contributed by atoms with Crippen molar-refractivity contribution < 1.29 is 4.74 Å². The number of nitrogens with one attached hydrogen (secondary N) is 1. The van der Waals surface area contributed by atoms with Gasteiger partial charge in [-0.3, -0.25) is 0 Å². The van der Waals surface area contributed by atoms with Crippen LogP contribution >= 0.6 is 0 Å². The van der Waals surface area contributed by atoms with Gasteiger partial charge in [0.05, 0.1) is 25.3 Å². The number of methoxy groups -OCH3 is 1. The molecule has 0 amide bonds. The van der Waals surface area contributed by atoms with Gasteiger partial charge in [0.2, 0.25) is 0 Å². The Kier molecular flexibility index (Phi) is 1.90. The molecule has 0 fully saturated rings. The quantitative estimate of drug-likeness (QED) is 0.511. The van der Waals surface area contributed by atoms with Gasteiger partial charge >= 0.3 is 0 Å². The minimum absolute atomic E-state index is 0.409. The van der Waals surface area contributed by atoms with Crippen LogP contribution in [0.15, 0.2) is 16.8 Å². The third-order valence-corrected chi connectivity index (χ3v) is 1.10. The molecule has 4 heteroatoms. The zero-order valence-electron chi connectivity index (χ0n) is 5.59. The topological polar surface area (TPSA) is 57.4 Å². The van der Waals surface area contributed by atoms with Gasteiger partial charge in [-0.2, -0.15) is 5.26 Å². The van der Waals surface area contributed by atoms with Crippen LogP contribution < -0.4 is 5.32 Å². The van der Waals surface area contributed by atoms with Crippen LogP contribution in [0, 0.1) is 11.3 Å². The third-order valence-electron chi connectivity index (χ3n) is 1.10. The van der Waals surface area contributed by atoms with E-state index >= 15 is 0 Å². The van der Waals surface area contributed by atoms with Crippen LogP contribution in [-0.4, -0.2) is 19.7 Å². The Labute approximate surface area is 58.8 Å². The molecular weight excluding hydrogens is 130 g/mol. The zero-order valence-corrected chi connectivity index (χ0v) is 5.59. The summed E-state index contributed by atoms with van der Waals surface area (Å²) >= 11 is 0. The number of ether oxygens (including phenoxy) is 1. The van der Waals surface area contributed by atoms with E-state index in [4.69, 9.17) is 10.00 Å². The van der Waals surface area contributed by atoms with Gasteiger partial charge in [-0.25, -0.2) is 4.99 Å². The fourth-order valence-electron chi connectivity index (χ4n) is 0.588. The number of amidine groups is 1. The lowest BCUT2D eigenvalue weighted by atomic mass is 10.3. The second-order valence-corrected chi connectivity index (χ2v) is 1.75. The van der Waals surface area contributed by atoms with Crippen molar-refractivity contribution in [1.82, 2.24) is 5.32 Å². The normalized spacial score (nSPS) is 16.0. The minimum atomic E-state index is 0.409. The lowest BCUT2D eigenvalue weighted by Crippen LogP contribution is -2.23. The Hall–Kier alpha value is -1.50. The molecule has 0 aromatic rings. The second-order valence-electron chi connectivity index (χ2n) is 1.75. The van der Waals surface area contributed by atoms with Crippen LogP contribution in [0.3, 0.4) is 0 Å². The fraction of sp³-hybridized carbons (Fsp3) is 0.333. The predicted octanol–water partition coefficient (Wildman–Crippen LogP) is -0.000520. The molecule has 52 valence electrons. The van der Waals surface area contributed by atoms with E-state index in [9.17, 15) is 0 Å². The number of nitrogens with zero attached hydrogens (tertiary/aromatic N) is 2. The third kappa shape index (κ3) is 1.26. The first-order valence-corrected chi connectivity index (χ1v) is 2.81. The Morgan fingerprint density at radius 2 is 2.70 bits per heavy atom. The van der Waals surface area contributed by atoms with Crippen LogP contribution in [0.1, 0.15) is 0 Å². The SMILES string of the molecule is COC1=NCC(C#N)=CN1. The fourth-order valence-corrected chi connectivity index (χ4v) is 0.588. The molecule has 0 aliphatic carbocycles. The minimum Gasteiger partial charge on any atom is -0.468 e. The highest BCUT2D eigenvalue weighted by molar-refractivity contribution is 5.76. The van der Waals surface area contributed by atoms with Gasteiger partial charge in [-0.15, -0.1) is 0 Å². The average Bonchev–Trinajstić information content (AvgIpc) is 2.05. The van der Waals surface area contributed by atoms with Crippen molar-refractivity contribution in [2.45, 2.75) is 0 Å². The van der Waals surface area contributed by atoms with E-state index in [0.717, 1.165) is 0 Å². The molecule has 1 rings (SSSR count). The molecule has 0 aromatic heterocycles. The van der Waals surface area contributed by atoms with Crippen LogP contribution in [0.4, 0.5) is 0 Å². The standard InChI is InChI=1S/C6H7N3O/c1-10-6-8-3-5(2-7)4-9-6/h3H,4H2,1H3,(H,8,9). The van der Waals surface area contributed by atoms with E-state index in [1.165, 1.54) is 7.11 Å². The molecule has 0 atom stereocenters. The highest BCUT2D eigenvalue weighted by atomic mass is 16.5. The molecule has 0 saturated carbocycles. The van der Waals surface area contributed by atoms with Crippen molar-refractivity contribution in [2.75, 3.05) is 13.7 Å². The molecule has 1 heterocycles. The van der Waals surface area contributed by atoms with Gasteiger partial charge in [0.15, 0.2) is 0 Å². The average molecular weight is 137 g/mol. The maximum absolute atomic E-state index is 8.38. The van der Waals surface area contributed by atoms with Crippen molar-refractivity contribution in [3.8, 4) is 6.07 Å². The highest BCUT2D eigenvalue weighted by Crippen LogP contribution is 1.96. The number of aliphatic imine (C=N–C) groups is 1. The lowest BCUT2D eigenvalue weighted by molar-refractivity contribution is 0.384. The molecule has 0 unspecified atom stereocenters. The summed E-state index contributed by atoms with van der Waals surface area (Å²) in [6.07, 6.45) is 1.59. The van der Waals surface area contributed by atoms with Crippen molar-refractivity contribution in [1.29, 1.82) is 5.26 Å². The molecule has 0 saturated heterocycles. The zero-order chi connectivity index (χ0) is 7.40. The second kappa shape index (κ2) is 2.87. The van der Waals surface area contributed by atoms with E-state index < -0.39 is 0 Å². The van der Waals surface area contributed by atoms with Crippen LogP contribution in [0.25, 0.3) is 0 Å². The van der Waals surface area contributed by atoms with Crippen molar-refractivity contribution in [2.24, 2.45) is 4.99 Å². The van der Waals surface area contributed by atoms with Gasteiger partial charge in [0.1, 0.15) is 0 Å². The largest absolute Gasteiger partial charge is 0.468 e. The first-order valence-electron chi connectivity index (χ1n) is 2.81. The number of nitriles is 1. The molecule has 0 spiro atoms. The summed E-state index contributed by atoms with van der Waals surface area (Å²) in [4.78, 5) is 3.89. The first-order chi connectivity index (χ1) is 4.86. The molecule has 10 heavy (non-hydrogen) atoms. The summed E-state index contributed by atoms with van der Waals surface area (Å²) in [5.74, 6) is 0. The Morgan fingerprint density at radius 3 is 3.10 bits per heavy atom. The van der Waals surface area contributed by atoms with E-state index in [1.807, 2.05) is 6.07 Å². The van der Waals surface area contributed by atoms with E-state index in [-0.39, 0.29) is 0 Å². The van der Waals surface area contributed by atoms with Gasteiger partial charge in [-0.05, 0) is 0 Å². The molecule has 1 N–H and O–H groups in total. The highest BCUT2D eigenvalue weighted by Gasteiger charge is 2.03.